The molecular weight excluding hydrogens is 719 g/mol. The van der Waals surface area contributed by atoms with Gasteiger partial charge >= 0.3 is 0 Å². The van der Waals surface area contributed by atoms with Crippen molar-refractivity contribution in [1.29, 1.82) is 0 Å². The molecular formula is C55H35N3O. The Morgan fingerprint density at radius 1 is 0.271 bits per heavy atom. The summed E-state index contributed by atoms with van der Waals surface area (Å²) in [7, 11) is 0. The molecule has 4 heteroatoms. The van der Waals surface area contributed by atoms with Crippen LogP contribution in [0.15, 0.2) is 217 Å². The van der Waals surface area contributed by atoms with Gasteiger partial charge < -0.3 is 4.42 Å². The first-order chi connectivity index (χ1) is 29.2. The van der Waals surface area contributed by atoms with Gasteiger partial charge in [-0.2, -0.15) is 0 Å². The quantitative estimate of drug-likeness (QED) is 0.163. The molecule has 0 aliphatic heterocycles. The molecule has 11 aromatic rings. The maximum absolute atomic E-state index is 6.55. The molecule has 0 N–H and O–H groups in total. The van der Waals surface area contributed by atoms with E-state index >= 15 is 0 Å². The van der Waals surface area contributed by atoms with Crippen LogP contribution in [0.1, 0.15) is 0 Å². The van der Waals surface area contributed by atoms with E-state index in [4.69, 9.17) is 19.4 Å². The number of fused-ring (bicyclic) bond motifs is 4. The second-order valence-electron chi connectivity index (χ2n) is 14.8. The van der Waals surface area contributed by atoms with E-state index in [0.717, 1.165) is 77.6 Å². The van der Waals surface area contributed by atoms with Gasteiger partial charge in [0.05, 0.1) is 0 Å². The van der Waals surface area contributed by atoms with Gasteiger partial charge in [0, 0.05) is 27.5 Å². The van der Waals surface area contributed by atoms with Gasteiger partial charge in [0.15, 0.2) is 17.5 Å². The van der Waals surface area contributed by atoms with Gasteiger partial charge in [0.1, 0.15) is 11.2 Å². The number of benzene rings is 9. The maximum atomic E-state index is 6.55. The van der Waals surface area contributed by atoms with Crippen molar-refractivity contribution in [1.82, 2.24) is 15.0 Å². The van der Waals surface area contributed by atoms with E-state index in [0.29, 0.717) is 17.5 Å². The first-order valence-electron chi connectivity index (χ1n) is 19.8. The van der Waals surface area contributed by atoms with Gasteiger partial charge in [-0.05, 0) is 91.7 Å². The summed E-state index contributed by atoms with van der Waals surface area (Å²) < 4.78 is 6.55. The molecule has 9 aromatic carbocycles. The van der Waals surface area contributed by atoms with E-state index in [9.17, 15) is 0 Å². The lowest BCUT2D eigenvalue weighted by Gasteiger charge is -2.13. The highest BCUT2D eigenvalue weighted by atomic mass is 16.3. The Labute approximate surface area is 341 Å². The lowest BCUT2D eigenvalue weighted by molar-refractivity contribution is 0.669. The summed E-state index contributed by atoms with van der Waals surface area (Å²) in [6.45, 7) is 0. The molecule has 0 atom stereocenters. The number of aromatic nitrogens is 3. The largest absolute Gasteiger partial charge is 0.456 e. The second kappa shape index (κ2) is 14.5. The fourth-order valence-corrected chi connectivity index (χ4v) is 8.21. The van der Waals surface area contributed by atoms with Crippen LogP contribution >= 0.6 is 0 Å². The molecule has 0 aliphatic carbocycles. The van der Waals surface area contributed by atoms with E-state index < -0.39 is 0 Å². The number of hydrogen-bond donors (Lipinski definition) is 0. The topological polar surface area (TPSA) is 51.8 Å². The third-order valence-electron chi connectivity index (χ3n) is 11.1. The normalized spacial score (nSPS) is 11.4. The van der Waals surface area contributed by atoms with Gasteiger partial charge in [0.2, 0.25) is 0 Å². The molecule has 2 aromatic heterocycles. The molecule has 0 saturated carbocycles. The zero-order chi connectivity index (χ0) is 39.1. The molecule has 0 fully saturated rings. The minimum absolute atomic E-state index is 0.570. The molecule has 0 radical (unpaired) electrons. The lowest BCUT2D eigenvalue weighted by atomic mass is 9.95. The number of furan rings is 1. The summed E-state index contributed by atoms with van der Waals surface area (Å²) in [5, 5.41) is 4.57. The zero-order valence-corrected chi connectivity index (χ0v) is 32.0. The van der Waals surface area contributed by atoms with Crippen LogP contribution in [0.2, 0.25) is 0 Å². The Balaban J connectivity index is 1.09. The van der Waals surface area contributed by atoms with Crippen molar-refractivity contribution in [2.75, 3.05) is 0 Å². The summed E-state index contributed by atoms with van der Waals surface area (Å²) in [4.78, 5) is 15.6. The van der Waals surface area contributed by atoms with Crippen LogP contribution in [-0.2, 0) is 0 Å². The van der Waals surface area contributed by atoms with Gasteiger partial charge in [-0.3, -0.25) is 0 Å². The van der Waals surface area contributed by atoms with Crippen LogP contribution in [-0.4, -0.2) is 15.0 Å². The highest BCUT2D eigenvalue weighted by Crippen LogP contribution is 2.39. The summed E-state index contributed by atoms with van der Waals surface area (Å²) in [6.07, 6.45) is 0. The summed E-state index contributed by atoms with van der Waals surface area (Å²) in [6, 6.07) is 74.0. The zero-order valence-electron chi connectivity index (χ0n) is 32.0. The average Bonchev–Trinajstić information content (AvgIpc) is 3.70. The van der Waals surface area contributed by atoms with Crippen LogP contribution in [0.25, 0.3) is 111 Å². The minimum atomic E-state index is 0.570. The smallest absolute Gasteiger partial charge is 0.164 e. The molecule has 0 amide bonds. The molecule has 0 unspecified atom stereocenters. The third kappa shape index (κ3) is 6.43. The fraction of sp³-hybridized carbons (Fsp3) is 0. The number of nitrogens with zero attached hydrogens (tertiary/aromatic N) is 3. The predicted molar refractivity (Wildman–Crippen MR) is 243 cm³/mol. The monoisotopic (exact) mass is 753 g/mol. The summed E-state index contributed by atoms with van der Waals surface area (Å²) in [5.41, 5.74) is 13.3. The van der Waals surface area contributed by atoms with Gasteiger partial charge in [-0.1, -0.05) is 176 Å². The number of hydrogen-bond acceptors (Lipinski definition) is 4. The van der Waals surface area contributed by atoms with Gasteiger partial charge in [-0.25, -0.2) is 15.0 Å². The van der Waals surface area contributed by atoms with Crippen molar-refractivity contribution in [2.24, 2.45) is 0 Å². The Hall–Kier alpha value is -7.95. The second-order valence-corrected chi connectivity index (χ2v) is 14.8. The molecule has 11 rings (SSSR count). The first-order valence-corrected chi connectivity index (χ1v) is 19.8. The predicted octanol–water partition coefficient (Wildman–Crippen LogP) is 14.6. The lowest BCUT2D eigenvalue weighted by Crippen LogP contribution is -2.00. The van der Waals surface area contributed by atoms with Crippen molar-refractivity contribution in [3.8, 4) is 78.7 Å². The van der Waals surface area contributed by atoms with Crippen LogP contribution in [0, 0.1) is 0 Å². The van der Waals surface area contributed by atoms with E-state index in [1.807, 2.05) is 24.3 Å². The highest BCUT2D eigenvalue weighted by molar-refractivity contribution is 6.13. The Morgan fingerprint density at radius 3 is 1.46 bits per heavy atom. The third-order valence-corrected chi connectivity index (χ3v) is 11.1. The Morgan fingerprint density at radius 2 is 0.763 bits per heavy atom. The Bertz CT molecular complexity index is 3240. The SMILES string of the molecule is c1ccc(-c2cc(-c3ccccc3)cc(-c3nc(-c4ccc(-c5cccc6ccccc56)cc4)nc(-c4ccc5c(c4)oc4cccc(-c6ccccc6)c45)n3)c2)cc1. The van der Waals surface area contributed by atoms with Gasteiger partial charge in [-0.15, -0.1) is 0 Å². The molecule has 0 aliphatic rings. The van der Waals surface area contributed by atoms with Crippen molar-refractivity contribution in [3.63, 3.8) is 0 Å². The molecule has 276 valence electrons. The van der Waals surface area contributed by atoms with Crippen LogP contribution in [0.5, 0.6) is 0 Å². The van der Waals surface area contributed by atoms with E-state index in [2.05, 4.69) is 188 Å². The van der Waals surface area contributed by atoms with Crippen LogP contribution < -0.4 is 0 Å². The van der Waals surface area contributed by atoms with E-state index in [-0.39, 0.29) is 0 Å². The van der Waals surface area contributed by atoms with Crippen molar-refractivity contribution >= 4 is 32.7 Å². The maximum Gasteiger partial charge on any atom is 0.164 e. The minimum Gasteiger partial charge on any atom is -0.456 e. The van der Waals surface area contributed by atoms with Crippen molar-refractivity contribution in [2.45, 2.75) is 0 Å². The summed E-state index contributed by atoms with van der Waals surface area (Å²) in [5.74, 6) is 1.76. The molecule has 0 bridgehead atoms. The molecule has 4 nitrogen and oxygen atoms in total. The van der Waals surface area contributed by atoms with Crippen LogP contribution in [0.4, 0.5) is 0 Å². The van der Waals surface area contributed by atoms with Crippen molar-refractivity contribution < 1.29 is 4.42 Å². The summed E-state index contributed by atoms with van der Waals surface area (Å²) >= 11 is 0. The fourth-order valence-electron chi connectivity index (χ4n) is 8.21. The van der Waals surface area contributed by atoms with Crippen LogP contribution in [0.3, 0.4) is 0 Å². The molecule has 2 heterocycles. The highest BCUT2D eigenvalue weighted by Gasteiger charge is 2.18. The average molecular weight is 754 g/mol. The standard InChI is InChI=1S/C55H35N3O/c1-4-14-36(15-5-1)43-32-44(37-16-6-2-7-17-37)34-45(33-43)55-57-53(41-28-26-40(27-29-41)47-23-12-21-38-20-10-11-22-46(38)47)56-54(58-55)42-30-31-49-51(35-42)59-50-25-13-24-48(52(49)50)39-18-8-3-9-19-39/h1-35H. The molecule has 0 saturated heterocycles. The first kappa shape index (κ1) is 34.3. The van der Waals surface area contributed by atoms with Gasteiger partial charge in [0.25, 0.3) is 0 Å². The van der Waals surface area contributed by atoms with E-state index in [1.165, 1.54) is 16.3 Å². The molecule has 59 heavy (non-hydrogen) atoms. The Kier molecular flexibility index (Phi) is 8.45. The van der Waals surface area contributed by atoms with E-state index in [1.54, 1.807) is 0 Å². The molecule has 0 spiro atoms. The number of rotatable bonds is 7. The van der Waals surface area contributed by atoms with Crippen molar-refractivity contribution in [3.05, 3.63) is 212 Å².